The monoisotopic (exact) mass is 356 g/mol. The first-order valence-corrected chi connectivity index (χ1v) is 8.74. The molecular formula is C18H24N6O2. The van der Waals surface area contributed by atoms with Crippen LogP contribution in [0.1, 0.15) is 25.8 Å². The summed E-state index contributed by atoms with van der Waals surface area (Å²) in [5, 5.41) is 14.6. The third kappa shape index (κ3) is 3.84. The van der Waals surface area contributed by atoms with E-state index in [1.165, 1.54) is 0 Å². The van der Waals surface area contributed by atoms with E-state index >= 15 is 0 Å². The maximum absolute atomic E-state index is 11.6. The molecular weight excluding hydrogens is 332 g/mol. The fourth-order valence-corrected chi connectivity index (χ4v) is 3.51. The largest absolute Gasteiger partial charge is 0.378 e. The molecule has 0 radical (unpaired) electrons. The van der Waals surface area contributed by atoms with Gasteiger partial charge in [0.15, 0.2) is 0 Å². The van der Waals surface area contributed by atoms with Crippen LogP contribution in [0.5, 0.6) is 0 Å². The molecule has 3 rings (SSSR count). The number of anilines is 4. The quantitative estimate of drug-likeness (QED) is 0.637. The van der Waals surface area contributed by atoms with Gasteiger partial charge in [0.2, 0.25) is 17.6 Å². The second-order valence-electron chi connectivity index (χ2n) is 7.20. The predicted molar refractivity (Wildman–Crippen MR) is 103 cm³/mol. The van der Waals surface area contributed by atoms with Gasteiger partial charge in [0.05, 0.1) is 4.92 Å². The summed E-state index contributed by atoms with van der Waals surface area (Å²) in [5.41, 5.74) is 7.63. The molecule has 0 spiro atoms. The molecule has 8 nitrogen and oxygen atoms in total. The topological polar surface area (TPSA) is 110 Å². The number of nitro groups is 1. The smallest absolute Gasteiger partial charge is 0.353 e. The summed E-state index contributed by atoms with van der Waals surface area (Å²) in [6, 6.07) is 7.74. The van der Waals surface area contributed by atoms with Gasteiger partial charge >= 0.3 is 5.69 Å². The van der Waals surface area contributed by atoms with Crippen molar-refractivity contribution in [3.05, 3.63) is 39.9 Å². The Balaban J connectivity index is 1.99. The van der Waals surface area contributed by atoms with Gasteiger partial charge in [0, 0.05) is 18.8 Å². The van der Waals surface area contributed by atoms with Crippen molar-refractivity contribution in [1.29, 1.82) is 0 Å². The first-order chi connectivity index (χ1) is 12.3. The average Bonchev–Trinajstić information content (AvgIpc) is 2.55. The molecule has 0 saturated carbocycles. The molecule has 1 aliphatic heterocycles. The molecule has 2 aromatic rings. The first kappa shape index (κ1) is 17.9. The number of benzene rings is 1. The Labute approximate surface area is 152 Å². The molecule has 1 aliphatic rings. The number of hydrogen-bond donors (Lipinski definition) is 2. The normalized spacial score (nSPS) is 20.0. The van der Waals surface area contributed by atoms with Crippen molar-refractivity contribution < 1.29 is 4.92 Å². The second kappa shape index (κ2) is 7.15. The average molecular weight is 356 g/mol. The fourth-order valence-electron chi connectivity index (χ4n) is 3.51. The van der Waals surface area contributed by atoms with E-state index < -0.39 is 4.92 Å². The van der Waals surface area contributed by atoms with Gasteiger partial charge in [-0.3, -0.25) is 10.1 Å². The first-order valence-electron chi connectivity index (χ1n) is 8.74. The summed E-state index contributed by atoms with van der Waals surface area (Å²) >= 11 is 0. The SMILES string of the molecule is Cc1ccc(Nc2nc(N)c([N+](=O)[O-])c(N3C[C@H](C)C[C@@H](C)C3)n2)cc1. The molecule has 0 amide bonds. The minimum Gasteiger partial charge on any atom is -0.378 e. The third-order valence-electron chi connectivity index (χ3n) is 4.55. The van der Waals surface area contributed by atoms with E-state index in [9.17, 15) is 10.1 Å². The summed E-state index contributed by atoms with van der Waals surface area (Å²) in [5.74, 6) is 1.29. The summed E-state index contributed by atoms with van der Waals surface area (Å²) in [6.07, 6.45) is 1.10. The Hall–Kier alpha value is -2.90. The Morgan fingerprint density at radius 2 is 1.81 bits per heavy atom. The fraction of sp³-hybridized carbons (Fsp3) is 0.444. The molecule has 1 aromatic carbocycles. The molecule has 8 heteroatoms. The lowest BCUT2D eigenvalue weighted by Gasteiger charge is -2.35. The molecule has 2 atom stereocenters. The Bertz CT molecular complexity index is 798. The van der Waals surface area contributed by atoms with Crippen molar-refractivity contribution >= 4 is 29.0 Å². The molecule has 3 N–H and O–H groups in total. The molecule has 2 heterocycles. The van der Waals surface area contributed by atoms with Gasteiger partial charge in [-0.2, -0.15) is 9.97 Å². The van der Waals surface area contributed by atoms with Crippen molar-refractivity contribution in [2.45, 2.75) is 27.2 Å². The number of nitrogens with one attached hydrogen (secondary N) is 1. The lowest BCUT2D eigenvalue weighted by molar-refractivity contribution is -0.383. The molecule has 0 aliphatic carbocycles. The van der Waals surface area contributed by atoms with Crippen molar-refractivity contribution in [3.8, 4) is 0 Å². The third-order valence-corrected chi connectivity index (χ3v) is 4.55. The van der Waals surface area contributed by atoms with Crippen molar-refractivity contribution in [2.75, 3.05) is 29.0 Å². The number of aryl methyl sites for hydroxylation is 1. The number of nitrogen functional groups attached to an aromatic ring is 1. The van der Waals surface area contributed by atoms with E-state index in [0.29, 0.717) is 24.9 Å². The van der Waals surface area contributed by atoms with Crippen LogP contribution in [0, 0.1) is 28.9 Å². The highest BCUT2D eigenvalue weighted by Gasteiger charge is 2.31. The zero-order chi connectivity index (χ0) is 18.8. The lowest BCUT2D eigenvalue weighted by atomic mass is 9.92. The maximum atomic E-state index is 11.6. The van der Waals surface area contributed by atoms with Crippen LogP contribution < -0.4 is 16.0 Å². The molecule has 0 unspecified atom stereocenters. The van der Waals surface area contributed by atoms with Gasteiger partial charge in [0.1, 0.15) is 0 Å². The van der Waals surface area contributed by atoms with Crippen LogP contribution in [-0.4, -0.2) is 28.0 Å². The van der Waals surface area contributed by atoms with Crippen LogP contribution in [0.25, 0.3) is 0 Å². The molecule has 138 valence electrons. The number of rotatable bonds is 4. The zero-order valence-electron chi connectivity index (χ0n) is 15.3. The number of aromatic nitrogens is 2. The van der Waals surface area contributed by atoms with Crippen molar-refractivity contribution in [1.82, 2.24) is 9.97 Å². The Kier molecular flexibility index (Phi) is 4.92. The highest BCUT2D eigenvalue weighted by molar-refractivity contribution is 5.72. The summed E-state index contributed by atoms with van der Waals surface area (Å²) in [4.78, 5) is 21.6. The minimum absolute atomic E-state index is 0.125. The summed E-state index contributed by atoms with van der Waals surface area (Å²) in [7, 11) is 0. The number of hydrogen-bond acceptors (Lipinski definition) is 7. The predicted octanol–water partition coefficient (Wildman–Crippen LogP) is 3.50. The van der Waals surface area contributed by atoms with Crippen LogP contribution in [0.3, 0.4) is 0 Å². The number of nitrogens with zero attached hydrogens (tertiary/aromatic N) is 4. The molecule has 0 bridgehead atoms. The van der Waals surface area contributed by atoms with Gasteiger partial charge in [0.25, 0.3) is 0 Å². The maximum Gasteiger partial charge on any atom is 0.353 e. The molecule has 1 saturated heterocycles. The van der Waals surface area contributed by atoms with Gasteiger partial charge in [-0.05, 0) is 37.3 Å². The van der Waals surface area contributed by atoms with E-state index in [1.807, 2.05) is 36.1 Å². The lowest BCUT2D eigenvalue weighted by Crippen LogP contribution is -2.39. The summed E-state index contributed by atoms with van der Waals surface area (Å²) in [6.45, 7) is 7.72. The van der Waals surface area contributed by atoms with E-state index in [2.05, 4.69) is 29.1 Å². The summed E-state index contributed by atoms with van der Waals surface area (Å²) < 4.78 is 0. The van der Waals surface area contributed by atoms with E-state index in [-0.39, 0.29) is 23.3 Å². The van der Waals surface area contributed by atoms with Crippen LogP contribution in [0.15, 0.2) is 24.3 Å². The highest BCUT2D eigenvalue weighted by atomic mass is 16.6. The van der Waals surface area contributed by atoms with Crippen LogP contribution in [0.4, 0.5) is 29.0 Å². The van der Waals surface area contributed by atoms with E-state index in [4.69, 9.17) is 5.73 Å². The molecule has 26 heavy (non-hydrogen) atoms. The Morgan fingerprint density at radius 3 is 2.38 bits per heavy atom. The standard InChI is InChI=1S/C18H24N6O2/c1-11-4-6-14(7-5-11)20-18-21-16(19)15(24(25)26)17(22-18)23-9-12(2)8-13(3)10-23/h4-7,12-13H,8-10H2,1-3H3,(H3,19,20,21,22)/t12-,13-/m1/s1. The second-order valence-corrected chi connectivity index (χ2v) is 7.20. The van der Waals surface area contributed by atoms with Crippen LogP contribution >= 0.6 is 0 Å². The van der Waals surface area contributed by atoms with Crippen molar-refractivity contribution in [2.24, 2.45) is 11.8 Å². The van der Waals surface area contributed by atoms with Crippen molar-refractivity contribution in [3.63, 3.8) is 0 Å². The Morgan fingerprint density at radius 1 is 1.19 bits per heavy atom. The van der Waals surface area contributed by atoms with E-state index in [1.54, 1.807) is 0 Å². The minimum atomic E-state index is -0.496. The molecule has 1 aromatic heterocycles. The van der Waals surface area contributed by atoms with Gasteiger partial charge in [-0.25, -0.2) is 0 Å². The van der Waals surface area contributed by atoms with E-state index in [0.717, 1.165) is 17.7 Å². The van der Waals surface area contributed by atoms with Crippen LogP contribution in [0.2, 0.25) is 0 Å². The van der Waals surface area contributed by atoms with Gasteiger partial charge in [-0.15, -0.1) is 0 Å². The molecule has 1 fully saturated rings. The number of piperidine rings is 1. The highest BCUT2D eigenvalue weighted by Crippen LogP contribution is 2.35. The number of nitrogens with two attached hydrogens (primary N) is 1. The van der Waals surface area contributed by atoms with Gasteiger partial charge in [-0.1, -0.05) is 31.5 Å². The van der Waals surface area contributed by atoms with Crippen LogP contribution in [-0.2, 0) is 0 Å². The van der Waals surface area contributed by atoms with Gasteiger partial charge < -0.3 is 16.0 Å². The zero-order valence-corrected chi connectivity index (χ0v) is 15.3.